The van der Waals surface area contributed by atoms with E-state index in [9.17, 15) is 0 Å². The fraction of sp³-hybridized carbons (Fsp3) is 0.0667. The maximum atomic E-state index is 6.02. The smallest absolute Gasteiger partial charge is 0.222 e. The Morgan fingerprint density at radius 1 is 0.657 bits per heavy atom. The van der Waals surface area contributed by atoms with E-state index in [4.69, 9.17) is 14.5 Å². The highest BCUT2D eigenvalue weighted by atomic mass is 16.5. The van der Waals surface area contributed by atoms with Crippen LogP contribution in [0.3, 0.4) is 0 Å². The number of hydrogen-bond acceptors (Lipinski definition) is 4. The van der Waals surface area contributed by atoms with Crippen LogP contribution >= 0.6 is 0 Å². The molecule has 3 heterocycles. The zero-order valence-corrected chi connectivity index (χ0v) is 19.5. The number of pyridine rings is 2. The Kier molecular flexibility index (Phi) is 5.15. The summed E-state index contributed by atoms with van der Waals surface area (Å²) in [5.74, 6) is 2.85. The van der Waals surface area contributed by atoms with Crippen molar-refractivity contribution in [3.63, 3.8) is 0 Å². The molecule has 0 aliphatic carbocycles. The number of benzene rings is 3. The zero-order valence-electron chi connectivity index (χ0n) is 19.5. The van der Waals surface area contributed by atoms with Crippen LogP contribution in [0.1, 0.15) is 5.56 Å². The summed E-state index contributed by atoms with van der Waals surface area (Å²) in [5, 5.41) is 2.41. The van der Waals surface area contributed by atoms with Gasteiger partial charge in [-0.15, -0.1) is 0 Å². The molecule has 0 unspecified atom stereocenters. The second-order valence-electron chi connectivity index (χ2n) is 8.39. The Labute approximate surface area is 203 Å². The first-order valence-corrected chi connectivity index (χ1v) is 11.4. The van der Waals surface area contributed by atoms with Crippen LogP contribution < -0.4 is 9.47 Å². The van der Waals surface area contributed by atoms with E-state index in [0.29, 0.717) is 17.4 Å². The van der Waals surface area contributed by atoms with Gasteiger partial charge in [0.1, 0.15) is 17.3 Å². The van der Waals surface area contributed by atoms with Gasteiger partial charge < -0.3 is 9.47 Å². The highest BCUT2D eigenvalue weighted by molar-refractivity contribution is 6.10. The quantitative estimate of drug-likeness (QED) is 0.272. The van der Waals surface area contributed by atoms with Crippen molar-refractivity contribution in [1.82, 2.24) is 14.5 Å². The standard InChI is InChI=1S/C30H23N3O2/c1-20-7-6-15-32-30(20)33-27-11-4-3-10-25(27)26-13-12-22(18-28(26)33)21-8-5-9-24(17-21)35-29-19-23(34-2)14-16-31-29/h3-19H,1-2H3. The van der Waals surface area contributed by atoms with Crippen LogP contribution in [0, 0.1) is 6.92 Å². The molecule has 0 radical (unpaired) electrons. The molecule has 0 aliphatic heterocycles. The van der Waals surface area contributed by atoms with Gasteiger partial charge in [-0.25, -0.2) is 9.97 Å². The number of aryl methyl sites for hydroxylation is 1. The SMILES string of the molecule is COc1ccnc(Oc2cccc(-c3ccc4c5ccccc5n(-c5ncccc5C)c4c3)c2)c1. The summed E-state index contributed by atoms with van der Waals surface area (Å²) in [6.07, 6.45) is 3.52. The molecular weight excluding hydrogens is 434 g/mol. The normalized spacial score (nSPS) is 11.1. The molecule has 0 N–H and O–H groups in total. The van der Waals surface area contributed by atoms with Gasteiger partial charge >= 0.3 is 0 Å². The van der Waals surface area contributed by atoms with Gasteiger partial charge in [-0.05, 0) is 60.0 Å². The number of nitrogens with zero attached hydrogens (tertiary/aromatic N) is 3. The van der Waals surface area contributed by atoms with Gasteiger partial charge in [0.25, 0.3) is 0 Å². The van der Waals surface area contributed by atoms with Crippen molar-refractivity contribution in [2.45, 2.75) is 6.92 Å². The molecule has 0 amide bonds. The molecule has 0 atom stereocenters. The first-order valence-electron chi connectivity index (χ1n) is 11.4. The highest BCUT2D eigenvalue weighted by Crippen LogP contribution is 2.36. The minimum Gasteiger partial charge on any atom is -0.497 e. The highest BCUT2D eigenvalue weighted by Gasteiger charge is 2.15. The first kappa shape index (κ1) is 20.9. The van der Waals surface area contributed by atoms with Crippen LogP contribution in [-0.2, 0) is 0 Å². The van der Waals surface area contributed by atoms with Gasteiger partial charge in [-0.3, -0.25) is 4.57 Å². The second kappa shape index (κ2) is 8.61. The number of methoxy groups -OCH3 is 1. The number of para-hydroxylation sites is 1. The molecular formula is C30H23N3O2. The molecule has 5 heteroatoms. The fourth-order valence-electron chi connectivity index (χ4n) is 4.52. The summed E-state index contributed by atoms with van der Waals surface area (Å²) in [5.41, 5.74) is 5.54. The average molecular weight is 458 g/mol. The number of fused-ring (bicyclic) bond motifs is 3. The first-order chi connectivity index (χ1) is 17.2. The van der Waals surface area contributed by atoms with Crippen LogP contribution in [0.5, 0.6) is 17.4 Å². The maximum Gasteiger partial charge on any atom is 0.222 e. The van der Waals surface area contributed by atoms with E-state index >= 15 is 0 Å². The molecule has 0 bridgehead atoms. The minimum atomic E-state index is 0.489. The third kappa shape index (κ3) is 3.77. The van der Waals surface area contributed by atoms with Gasteiger partial charge in [0.15, 0.2) is 0 Å². The van der Waals surface area contributed by atoms with Crippen LogP contribution in [-0.4, -0.2) is 21.6 Å². The molecule has 3 aromatic carbocycles. The lowest BCUT2D eigenvalue weighted by atomic mass is 10.0. The van der Waals surface area contributed by atoms with E-state index in [-0.39, 0.29) is 0 Å². The van der Waals surface area contributed by atoms with E-state index in [1.807, 2.05) is 30.5 Å². The number of aromatic nitrogens is 3. The molecule has 0 saturated carbocycles. The van der Waals surface area contributed by atoms with E-state index in [2.05, 4.69) is 71.1 Å². The third-order valence-electron chi connectivity index (χ3n) is 6.20. The molecule has 0 fully saturated rings. The maximum absolute atomic E-state index is 6.02. The monoisotopic (exact) mass is 457 g/mol. The summed E-state index contributed by atoms with van der Waals surface area (Å²) in [4.78, 5) is 9.02. The summed E-state index contributed by atoms with van der Waals surface area (Å²) in [6.45, 7) is 2.10. The number of rotatable bonds is 5. The Bertz CT molecular complexity index is 1690. The average Bonchev–Trinajstić information content (AvgIpc) is 3.23. The van der Waals surface area contributed by atoms with E-state index < -0.39 is 0 Å². The topological polar surface area (TPSA) is 49.2 Å². The summed E-state index contributed by atoms with van der Waals surface area (Å²) < 4.78 is 13.6. The van der Waals surface area contributed by atoms with Crippen LogP contribution in [0.25, 0.3) is 38.8 Å². The van der Waals surface area contributed by atoms with Crippen molar-refractivity contribution >= 4 is 21.8 Å². The molecule has 35 heavy (non-hydrogen) atoms. The zero-order chi connectivity index (χ0) is 23.8. The van der Waals surface area contributed by atoms with Crippen molar-refractivity contribution in [2.75, 3.05) is 7.11 Å². The van der Waals surface area contributed by atoms with Gasteiger partial charge in [0, 0.05) is 29.2 Å². The lowest BCUT2D eigenvalue weighted by Gasteiger charge is -2.11. The Morgan fingerprint density at radius 2 is 1.51 bits per heavy atom. The second-order valence-corrected chi connectivity index (χ2v) is 8.39. The molecule has 0 spiro atoms. The van der Waals surface area contributed by atoms with Gasteiger partial charge in [0.2, 0.25) is 5.88 Å². The Morgan fingerprint density at radius 3 is 2.40 bits per heavy atom. The molecule has 5 nitrogen and oxygen atoms in total. The summed E-state index contributed by atoms with van der Waals surface area (Å²) in [7, 11) is 1.63. The molecule has 6 aromatic rings. The third-order valence-corrected chi connectivity index (χ3v) is 6.20. The Balaban J connectivity index is 1.48. The fourth-order valence-corrected chi connectivity index (χ4v) is 4.52. The lowest BCUT2D eigenvalue weighted by Crippen LogP contribution is -1.99. The van der Waals surface area contributed by atoms with Crippen molar-refractivity contribution < 1.29 is 9.47 Å². The van der Waals surface area contributed by atoms with Gasteiger partial charge in [-0.2, -0.15) is 0 Å². The van der Waals surface area contributed by atoms with Gasteiger partial charge in [0.05, 0.1) is 18.1 Å². The van der Waals surface area contributed by atoms with Crippen molar-refractivity contribution in [1.29, 1.82) is 0 Å². The summed E-state index contributed by atoms with van der Waals surface area (Å²) in [6, 6.07) is 30.7. The van der Waals surface area contributed by atoms with E-state index in [1.165, 1.54) is 10.8 Å². The lowest BCUT2D eigenvalue weighted by molar-refractivity contribution is 0.405. The number of hydrogen-bond donors (Lipinski definition) is 0. The number of ether oxygens (including phenoxy) is 2. The predicted molar refractivity (Wildman–Crippen MR) is 140 cm³/mol. The molecule has 0 aliphatic rings. The minimum absolute atomic E-state index is 0.489. The van der Waals surface area contributed by atoms with E-state index in [0.717, 1.165) is 33.5 Å². The molecule has 0 saturated heterocycles. The van der Waals surface area contributed by atoms with Crippen LogP contribution in [0.15, 0.2) is 103 Å². The predicted octanol–water partition coefficient (Wildman–Crippen LogP) is 7.35. The molecule has 170 valence electrons. The van der Waals surface area contributed by atoms with Crippen molar-refractivity contribution in [3.05, 3.63) is 109 Å². The van der Waals surface area contributed by atoms with E-state index in [1.54, 1.807) is 25.4 Å². The van der Waals surface area contributed by atoms with Crippen LogP contribution in [0.2, 0.25) is 0 Å². The summed E-state index contributed by atoms with van der Waals surface area (Å²) >= 11 is 0. The molecule has 6 rings (SSSR count). The molecule has 3 aromatic heterocycles. The van der Waals surface area contributed by atoms with Crippen molar-refractivity contribution in [2.24, 2.45) is 0 Å². The van der Waals surface area contributed by atoms with Crippen molar-refractivity contribution in [3.8, 4) is 34.3 Å². The van der Waals surface area contributed by atoms with Crippen LogP contribution in [0.4, 0.5) is 0 Å². The Hall–Kier alpha value is -4.64. The van der Waals surface area contributed by atoms with Gasteiger partial charge in [-0.1, -0.05) is 48.5 Å². The largest absolute Gasteiger partial charge is 0.497 e.